The standard InChI is InChI=1S/C25H25NO5/c1-15(19-5-6-21-14-23(30-4)12-9-20(21)13-19)25(29)31-16(2)24(28)18-7-10-22(11-8-18)26-17(3)27/h5-16H,1-4H3,(H,26,27)/t15-,16-/m0/s1. The van der Waals surface area contributed by atoms with Gasteiger partial charge in [-0.2, -0.15) is 0 Å². The SMILES string of the molecule is COc1ccc2cc([C@H](C)C(=O)O[C@@H](C)C(=O)c3ccc(NC(C)=O)cc3)ccc2c1. The number of benzene rings is 3. The molecule has 3 aromatic carbocycles. The second-order valence-corrected chi connectivity index (χ2v) is 7.40. The number of amides is 1. The van der Waals surface area contributed by atoms with Crippen molar-refractivity contribution in [3.8, 4) is 5.75 Å². The fourth-order valence-electron chi connectivity index (χ4n) is 3.26. The molecule has 0 aliphatic heterocycles. The van der Waals surface area contributed by atoms with Crippen molar-refractivity contribution >= 4 is 34.1 Å². The highest BCUT2D eigenvalue weighted by atomic mass is 16.5. The summed E-state index contributed by atoms with van der Waals surface area (Å²) in [6.07, 6.45) is -0.925. The van der Waals surface area contributed by atoms with Crippen LogP contribution >= 0.6 is 0 Å². The Hall–Kier alpha value is -3.67. The third-order valence-electron chi connectivity index (χ3n) is 5.08. The van der Waals surface area contributed by atoms with Crippen LogP contribution in [0.2, 0.25) is 0 Å². The summed E-state index contributed by atoms with van der Waals surface area (Å²) in [5.74, 6) is -0.721. The van der Waals surface area contributed by atoms with Crippen molar-refractivity contribution in [3.05, 3.63) is 71.8 Å². The van der Waals surface area contributed by atoms with Crippen LogP contribution in [0.4, 0.5) is 5.69 Å². The Morgan fingerprint density at radius 2 is 1.52 bits per heavy atom. The van der Waals surface area contributed by atoms with E-state index in [-0.39, 0.29) is 11.7 Å². The number of hydrogen-bond donors (Lipinski definition) is 1. The number of rotatable bonds is 7. The second-order valence-electron chi connectivity index (χ2n) is 7.40. The lowest BCUT2D eigenvalue weighted by atomic mass is 9.97. The molecule has 2 atom stereocenters. The lowest BCUT2D eigenvalue weighted by Gasteiger charge is -2.17. The average Bonchev–Trinajstić information content (AvgIpc) is 2.77. The molecule has 1 amide bonds. The number of Topliss-reactive ketones (excluding diaryl/α,β-unsaturated/α-hetero) is 1. The predicted molar refractivity (Wildman–Crippen MR) is 120 cm³/mol. The number of carbonyl (C=O) groups excluding carboxylic acids is 3. The number of fused-ring (bicyclic) bond motifs is 1. The summed E-state index contributed by atoms with van der Waals surface area (Å²) in [4.78, 5) is 36.4. The second kappa shape index (κ2) is 9.43. The first-order chi connectivity index (χ1) is 14.8. The molecule has 0 spiro atoms. The third kappa shape index (κ3) is 5.28. The van der Waals surface area contributed by atoms with E-state index in [9.17, 15) is 14.4 Å². The number of hydrogen-bond acceptors (Lipinski definition) is 5. The van der Waals surface area contributed by atoms with Crippen molar-refractivity contribution in [2.45, 2.75) is 32.8 Å². The van der Waals surface area contributed by atoms with E-state index in [2.05, 4.69) is 5.32 Å². The Labute approximate surface area is 181 Å². The molecule has 0 aliphatic carbocycles. The lowest BCUT2D eigenvalue weighted by molar-refractivity contribution is -0.147. The van der Waals surface area contributed by atoms with Gasteiger partial charge in [-0.05, 0) is 66.6 Å². The van der Waals surface area contributed by atoms with Gasteiger partial charge >= 0.3 is 5.97 Å². The van der Waals surface area contributed by atoms with E-state index in [1.807, 2.05) is 36.4 Å². The Morgan fingerprint density at radius 1 is 0.871 bits per heavy atom. The van der Waals surface area contributed by atoms with E-state index >= 15 is 0 Å². The van der Waals surface area contributed by atoms with Crippen LogP contribution in [0.5, 0.6) is 5.75 Å². The third-order valence-corrected chi connectivity index (χ3v) is 5.08. The molecule has 6 nitrogen and oxygen atoms in total. The van der Waals surface area contributed by atoms with E-state index in [0.29, 0.717) is 11.3 Å². The summed E-state index contributed by atoms with van der Waals surface area (Å²) < 4.78 is 10.7. The topological polar surface area (TPSA) is 81.7 Å². The molecule has 0 saturated carbocycles. The first kappa shape index (κ1) is 22.0. The van der Waals surface area contributed by atoms with Crippen LogP contribution < -0.4 is 10.1 Å². The number of nitrogens with one attached hydrogen (secondary N) is 1. The van der Waals surface area contributed by atoms with Gasteiger partial charge in [0.05, 0.1) is 13.0 Å². The highest BCUT2D eigenvalue weighted by Gasteiger charge is 2.24. The molecular formula is C25H25NO5. The van der Waals surface area contributed by atoms with Crippen LogP contribution in [0.1, 0.15) is 42.6 Å². The molecule has 31 heavy (non-hydrogen) atoms. The Balaban J connectivity index is 1.67. The molecule has 0 fully saturated rings. The normalized spacial score (nSPS) is 12.6. The molecule has 0 bridgehead atoms. The first-order valence-electron chi connectivity index (χ1n) is 9.98. The van der Waals surface area contributed by atoms with Gasteiger partial charge in [0.2, 0.25) is 11.7 Å². The number of anilines is 1. The Morgan fingerprint density at radius 3 is 2.16 bits per heavy atom. The molecule has 3 aromatic rings. The fourth-order valence-corrected chi connectivity index (χ4v) is 3.26. The molecule has 0 heterocycles. The summed E-state index contributed by atoms with van der Waals surface area (Å²) >= 11 is 0. The zero-order chi connectivity index (χ0) is 22.5. The van der Waals surface area contributed by atoms with Gasteiger partial charge in [-0.3, -0.25) is 14.4 Å². The minimum absolute atomic E-state index is 0.191. The molecule has 6 heteroatoms. The Bertz CT molecular complexity index is 1120. The van der Waals surface area contributed by atoms with Gasteiger partial charge in [0.25, 0.3) is 0 Å². The maximum absolute atomic E-state index is 12.7. The van der Waals surface area contributed by atoms with Gasteiger partial charge in [0, 0.05) is 18.2 Å². The fraction of sp³-hybridized carbons (Fsp3) is 0.240. The summed E-state index contributed by atoms with van der Waals surface area (Å²) in [7, 11) is 1.62. The highest BCUT2D eigenvalue weighted by molar-refractivity contribution is 6.01. The van der Waals surface area contributed by atoms with Gasteiger partial charge < -0.3 is 14.8 Å². The molecule has 1 N–H and O–H groups in total. The van der Waals surface area contributed by atoms with E-state index in [1.54, 1.807) is 45.2 Å². The summed E-state index contributed by atoms with van der Waals surface area (Å²) in [5.41, 5.74) is 1.81. The smallest absolute Gasteiger partial charge is 0.313 e. The number of ketones is 1. The summed E-state index contributed by atoms with van der Waals surface area (Å²) in [6, 6.07) is 17.9. The summed E-state index contributed by atoms with van der Waals surface area (Å²) in [5, 5.41) is 4.64. The number of methoxy groups -OCH3 is 1. The average molecular weight is 419 g/mol. The van der Waals surface area contributed by atoms with Gasteiger partial charge in [0.1, 0.15) is 5.75 Å². The lowest BCUT2D eigenvalue weighted by Crippen LogP contribution is -2.26. The van der Waals surface area contributed by atoms with Crippen molar-refractivity contribution in [2.24, 2.45) is 0 Å². The van der Waals surface area contributed by atoms with E-state index in [1.165, 1.54) is 6.92 Å². The quantitative estimate of drug-likeness (QED) is 0.442. The van der Waals surface area contributed by atoms with E-state index < -0.39 is 18.0 Å². The minimum Gasteiger partial charge on any atom is -0.497 e. The zero-order valence-corrected chi connectivity index (χ0v) is 18.0. The number of ether oxygens (including phenoxy) is 2. The van der Waals surface area contributed by atoms with Gasteiger partial charge in [-0.25, -0.2) is 0 Å². The van der Waals surface area contributed by atoms with Gasteiger partial charge in [-0.1, -0.05) is 24.3 Å². The molecule has 160 valence electrons. The van der Waals surface area contributed by atoms with E-state index in [0.717, 1.165) is 22.1 Å². The first-order valence-corrected chi connectivity index (χ1v) is 9.98. The molecular weight excluding hydrogens is 394 g/mol. The molecule has 0 radical (unpaired) electrons. The van der Waals surface area contributed by atoms with Crippen molar-refractivity contribution in [2.75, 3.05) is 12.4 Å². The van der Waals surface area contributed by atoms with Gasteiger partial charge in [0.15, 0.2) is 6.10 Å². The number of carbonyl (C=O) groups is 3. The number of esters is 1. The predicted octanol–water partition coefficient (Wildman–Crippen LogP) is 4.72. The largest absolute Gasteiger partial charge is 0.497 e. The van der Waals surface area contributed by atoms with Crippen LogP contribution in [0.25, 0.3) is 10.8 Å². The zero-order valence-electron chi connectivity index (χ0n) is 18.0. The highest BCUT2D eigenvalue weighted by Crippen LogP contribution is 2.26. The van der Waals surface area contributed by atoms with Crippen LogP contribution in [-0.4, -0.2) is 30.9 Å². The van der Waals surface area contributed by atoms with Gasteiger partial charge in [-0.15, -0.1) is 0 Å². The minimum atomic E-state index is -0.925. The Kier molecular flexibility index (Phi) is 6.70. The van der Waals surface area contributed by atoms with Crippen LogP contribution in [0.15, 0.2) is 60.7 Å². The maximum atomic E-state index is 12.7. The monoisotopic (exact) mass is 419 g/mol. The van der Waals surface area contributed by atoms with Crippen molar-refractivity contribution in [1.82, 2.24) is 0 Å². The van der Waals surface area contributed by atoms with Crippen molar-refractivity contribution in [3.63, 3.8) is 0 Å². The van der Waals surface area contributed by atoms with Crippen LogP contribution in [0, 0.1) is 0 Å². The molecule has 3 rings (SSSR count). The van der Waals surface area contributed by atoms with Crippen LogP contribution in [-0.2, 0) is 14.3 Å². The molecule has 0 unspecified atom stereocenters. The van der Waals surface area contributed by atoms with Crippen LogP contribution in [0.3, 0.4) is 0 Å². The molecule has 0 aliphatic rings. The molecule has 0 saturated heterocycles. The molecule has 0 aromatic heterocycles. The van der Waals surface area contributed by atoms with Crippen molar-refractivity contribution < 1.29 is 23.9 Å². The van der Waals surface area contributed by atoms with Crippen molar-refractivity contribution in [1.29, 1.82) is 0 Å². The maximum Gasteiger partial charge on any atom is 0.313 e. The summed E-state index contributed by atoms with van der Waals surface area (Å²) in [6.45, 7) is 4.72. The van der Waals surface area contributed by atoms with E-state index in [4.69, 9.17) is 9.47 Å².